The fraction of sp³-hybridized carbons (Fsp3) is 0.667. The number of aromatic carboxylic acids is 1. The minimum absolute atomic E-state index is 0.169. The van der Waals surface area contributed by atoms with Gasteiger partial charge in [-0.1, -0.05) is 12.8 Å². The number of carboxylic acids is 1. The zero-order valence-corrected chi connectivity index (χ0v) is 12.5. The summed E-state index contributed by atoms with van der Waals surface area (Å²) in [5.41, 5.74) is 0.169. The van der Waals surface area contributed by atoms with Crippen molar-refractivity contribution in [2.45, 2.75) is 32.6 Å². The van der Waals surface area contributed by atoms with E-state index in [0.29, 0.717) is 5.13 Å². The Morgan fingerprint density at radius 3 is 2.72 bits per heavy atom. The third-order valence-corrected chi connectivity index (χ3v) is 4.18. The average Bonchev–Trinajstić information content (AvgIpc) is 2.69. The molecular formula is C12H20N2O2S2. The SMILES string of the molecule is CSCCCCCCNc1nc(C(=O)O)c(C)s1. The number of aryl methyl sites for hydroxylation is 1. The maximum absolute atomic E-state index is 10.8. The molecule has 0 radical (unpaired) electrons. The van der Waals surface area contributed by atoms with Gasteiger partial charge in [-0.15, -0.1) is 11.3 Å². The van der Waals surface area contributed by atoms with Crippen LogP contribution in [0.4, 0.5) is 5.13 Å². The summed E-state index contributed by atoms with van der Waals surface area (Å²) in [7, 11) is 0. The summed E-state index contributed by atoms with van der Waals surface area (Å²) >= 11 is 3.30. The van der Waals surface area contributed by atoms with Crippen molar-refractivity contribution in [3.63, 3.8) is 0 Å². The summed E-state index contributed by atoms with van der Waals surface area (Å²) in [6.45, 7) is 2.65. The number of aromatic nitrogens is 1. The van der Waals surface area contributed by atoms with Gasteiger partial charge >= 0.3 is 5.97 Å². The first-order valence-corrected chi connectivity index (χ1v) is 8.29. The molecule has 102 valence electrons. The zero-order chi connectivity index (χ0) is 13.4. The Morgan fingerprint density at radius 1 is 1.39 bits per heavy atom. The Morgan fingerprint density at radius 2 is 2.11 bits per heavy atom. The largest absolute Gasteiger partial charge is 0.476 e. The van der Waals surface area contributed by atoms with Gasteiger partial charge in [0.15, 0.2) is 10.8 Å². The van der Waals surface area contributed by atoms with Gasteiger partial charge in [0.2, 0.25) is 0 Å². The van der Waals surface area contributed by atoms with E-state index in [-0.39, 0.29) is 5.69 Å². The number of carboxylic acid groups (broad SMARTS) is 1. The highest BCUT2D eigenvalue weighted by molar-refractivity contribution is 7.98. The fourth-order valence-electron chi connectivity index (χ4n) is 1.59. The molecule has 1 heterocycles. The van der Waals surface area contributed by atoms with E-state index in [1.807, 2.05) is 11.8 Å². The summed E-state index contributed by atoms with van der Waals surface area (Å²) in [4.78, 5) is 15.6. The third kappa shape index (κ3) is 5.27. The van der Waals surface area contributed by atoms with Crippen LogP contribution in [-0.4, -0.2) is 34.6 Å². The van der Waals surface area contributed by atoms with Crippen LogP contribution in [0.15, 0.2) is 0 Å². The lowest BCUT2D eigenvalue weighted by molar-refractivity contribution is 0.0690. The number of unbranched alkanes of at least 4 members (excludes halogenated alkanes) is 3. The van der Waals surface area contributed by atoms with Crippen molar-refractivity contribution >= 4 is 34.2 Å². The van der Waals surface area contributed by atoms with Gasteiger partial charge in [0, 0.05) is 11.4 Å². The summed E-state index contributed by atoms with van der Waals surface area (Å²) < 4.78 is 0. The normalized spacial score (nSPS) is 10.6. The third-order valence-electron chi connectivity index (χ3n) is 2.55. The Hall–Kier alpha value is -0.750. The number of hydrogen-bond donors (Lipinski definition) is 2. The molecule has 0 saturated heterocycles. The summed E-state index contributed by atoms with van der Waals surface area (Å²) in [6, 6.07) is 0. The van der Waals surface area contributed by atoms with Gasteiger partial charge in [-0.05, 0) is 31.8 Å². The zero-order valence-electron chi connectivity index (χ0n) is 10.9. The highest BCUT2D eigenvalue weighted by Gasteiger charge is 2.13. The first-order valence-electron chi connectivity index (χ1n) is 6.08. The van der Waals surface area contributed by atoms with E-state index in [0.717, 1.165) is 17.8 Å². The average molecular weight is 288 g/mol. The van der Waals surface area contributed by atoms with Gasteiger partial charge in [-0.25, -0.2) is 9.78 Å². The predicted octanol–water partition coefficient (Wildman–Crippen LogP) is 3.49. The van der Waals surface area contributed by atoms with Gasteiger partial charge in [0.25, 0.3) is 0 Å². The standard InChI is InChI=1S/C12H20N2O2S2/c1-9-10(11(15)16)14-12(18-9)13-7-5-3-4-6-8-17-2/h3-8H2,1-2H3,(H,13,14)(H,15,16). The van der Waals surface area contributed by atoms with Gasteiger partial charge in [0.1, 0.15) is 0 Å². The Bertz CT molecular complexity index is 380. The van der Waals surface area contributed by atoms with Crippen LogP contribution in [0.3, 0.4) is 0 Å². The van der Waals surface area contributed by atoms with Crippen LogP contribution in [0.2, 0.25) is 0 Å². The van der Waals surface area contributed by atoms with Gasteiger partial charge < -0.3 is 10.4 Å². The first-order chi connectivity index (χ1) is 8.65. The molecule has 0 aliphatic heterocycles. The molecule has 1 aromatic heterocycles. The second-order valence-corrected chi connectivity index (χ2v) is 6.25. The minimum atomic E-state index is -0.950. The lowest BCUT2D eigenvalue weighted by Crippen LogP contribution is -2.03. The Balaban J connectivity index is 2.19. The Labute approximate surface area is 116 Å². The first kappa shape index (κ1) is 15.3. The molecule has 0 spiro atoms. The van der Waals surface area contributed by atoms with E-state index in [9.17, 15) is 4.79 Å². The molecule has 1 aromatic rings. The molecule has 4 nitrogen and oxygen atoms in total. The lowest BCUT2D eigenvalue weighted by Gasteiger charge is -2.02. The van der Waals surface area contributed by atoms with Crippen LogP contribution < -0.4 is 5.32 Å². The van der Waals surface area contributed by atoms with Crippen LogP contribution in [0, 0.1) is 6.92 Å². The second-order valence-electron chi connectivity index (χ2n) is 4.06. The van der Waals surface area contributed by atoms with E-state index in [2.05, 4.69) is 16.6 Å². The quantitative estimate of drug-likeness (QED) is 0.681. The molecule has 0 aromatic carbocycles. The van der Waals surface area contributed by atoms with Gasteiger partial charge in [-0.3, -0.25) is 0 Å². The van der Waals surface area contributed by atoms with Crippen molar-refractivity contribution in [1.29, 1.82) is 0 Å². The number of anilines is 1. The van der Waals surface area contributed by atoms with Crippen molar-refractivity contribution in [3.05, 3.63) is 10.6 Å². The topological polar surface area (TPSA) is 62.2 Å². The molecule has 1 rings (SSSR count). The van der Waals surface area contributed by atoms with E-state index >= 15 is 0 Å². The number of carbonyl (C=O) groups is 1. The molecule has 0 aliphatic carbocycles. The van der Waals surface area contributed by atoms with E-state index < -0.39 is 5.97 Å². The molecule has 0 bridgehead atoms. The molecule has 6 heteroatoms. The molecule has 0 fully saturated rings. The molecule has 0 atom stereocenters. The minimum Gasteiger partial charge on any atom is -0.476 e. The number of nitrogens with one attached hydrogen (secondary N) is 1. The van der Waals surface area contributed by atoms with Crippen molar-refractivity contribution in [3.8, 4) is 0 Å². The molecule has 0 amide bonds. The van der Waals surface area contributed by atoms with E-state index in [1.165, 1.54) is 36.4 Å². The van der Waals surface area contributed by atoms with Crippen molar-refractivity contribution in [2.24, 2.45) is 0 Å². The number of thiazole rings is 1. The second kappa shape index (κ2) is 8.37. The molecule has 2 N–H and O–H groups in total. The maximum atomic E-state index is 10.8. The van der Waals surface area contributed by atoms with Crippen LogP contribution in [0.25, 0.3) is 0 Å². The van der Waals surface area contributed by atoms with Crippen molar-refractivity contribution < 1.29 is 9.90 Å². The fourth-order valence-corrected chi connectivity index (χ4v) is 2.91. The summed E-state index contributed by atoms with van der Waals surface area (Å²) in [5, 5.41) is 12.8. The molecule has 18 heavy (non-hydrogen) atoms. The van der Waals surface area contributed by atoms with Crippen molar-refractivity contribution in [2.75, 3.05) is 23.9 Å². The lowest BCUT2D eigenvalue weighted by atomic mass is 10.2. The van der Waals surface area contributed by atoms with Gasteiger partial charge in [-0.2, -0.15) is 11.8 Å². The molecule has 0 aliphatic rings. The predicted molar refractivity (Wildman–Crippen MR) is 79.2 cm³/mol. The van der Waals surface area contributed by atoms with Crippen LogP contribution in [-0.2, 0) is 0 Å². The smallest absolute Gasteiger partial charge is 0.355 e. The van der Waals surface area contributed by atoms with Crippen LogP contribution in [0.5, 0.6) is 0 Å². The number of nitrogens with zero attached hydrogens (tertiary/aromatic N) is 1. The summed E-state index contributed by atoms with van der Waals surface area (Å²) in [5.74, 6) is 0.287. The number of rotatable bonds is 9. The maximum Gasteiger partial charge on any atom is 0.355 e. The summed E-state index contributed by atoms with van der Waals surface area (Å²) in [6.07, 6.45) is 6.99. The highest BCUT2D eigenvalue weighted by Crippen LogP contribution is 2.21. The highest BCUT2D eigenvalue weighted by atomic mass is 32.2. The van der Waals surface area contributed by atoms with E-state index in [4.69, 9.17) is 5.11 Å². The van der Waals surface area contributed by atoms with Crippen LogP contribution >= 0.6 is 23.1 Å². The van der Waals surface area contributed by atoms with Crippen molar-refractivity contribution in [1.82, 2.24) is 4.98 Å². The Kier molecular flexibility index (Phi) is 7.12. The van der Waals surface area contributed by atoms with Crippen LogP contribution in [0.1, 0.15) is 41.0 Å². The number of thioether (sulfide) groups is 1. The molecule has 0 unspecified atom stereocenters. The van der Waals surface area contributed by atoms with Gasteiger partial charge in [0.05, 0.1) is 0 Å². The van der Waals surface area contributed by atoms with E-state index in [1.54, 1.807) is 6.92 Å². The number of hydrogen-bond acceptors (Lipinski definition) is 5. The monoisotopic (exact) mass is 288 g/mol. The molecule has 0 saturated carbocycles. The molecular weight excluding hydrogens is 268 g/mol.